The summed E-state index contributed by atoms with van der Waals surface area (Å²) in [7, 11) is 0. The molecule has 0 saturated heterocycles. The highest BCUT2D eigenvalue weighted by Crippen LogP contribution is 2.34. The van der Waals surface area contributed by atoms with Gasteiger partial charge in [0.25, 0.3) is 0 Å². The highest BCUT2D eigenvalue weighted by atomic mass is 19.4. The van der Waals surface area contributed by atoms with Crippen LogP contribution in [0.25, 0.3) is 28.1 Å². The molecule has 0 saturated carbocycles. The minimum Gasteiger partial charge on any atom is -0.369 e. The molecule has 0 fully saturated rings. The Balaban J connectivity index is 1.75. The van der Waals surface area contributed by atoms with Gasteiger partial charge in [-0.25, -0.2) is 4.68 Å². The van der Waals surface area contributed by atoms with Crippen molar-refractivity contribution in [1.82, 2.24) is 9.78 Å². The first-order chi connectivity index (χ1) is 15.6. The van der Waals surface area contributed by atoms with Gasteiger partial charge in [0.05, 0.1) is 17.8 Å². The third-order valence-electron chi connectivity index (χ3n) is 5.29. The molecule has 0 atom stereocenters. The van der Waals surface area contributed by atoms with Crippen molar-refractivity contribution in [3.63, 3.8) is 0 Å². The summed E-state index contributed by atoms with van der Waals surface area (Å²) in [5.74, 6) is -0.481. The third kappa shape index (κ3) is 4.98. The molecule has 1 amide bonds. The van der Waals surface area contributed by atoms with E-state index in [-0.39, 0.29) is 6.42 Å². The minimum absolute atomic E-state index is 0.0555. The van der Waals surface area contributed by atoms with Crippen molar-refractivity contribution >= 4 is 5.91 Å². The third-order valence-corrected chi connectivity index (χ3v) is 5.29. The van der Waals surface area contributed by atoms with Crippen LogP contribution in [0.5, 0.6) is 0 Å². The van der Waals surface area contributed by atoms with Gasteiger partial charge in [0, 0.05) is 5.56 Å². The van der Waals surface area contributed by atoms with Gasteiger partial charge in [-0.1, -0.05) is 65.7 Å². The van der Waals surface area contributed by atoms with Crippen LogP contribution < -0.4 is 5.73 Å². The maximum absolute atomic E-state index is 13.5. The highest BCUT2D eigenvalue weighted by molar-refractivity contribution is 5.76. The molecule has 0 spiro atoms. The van der Waals surface area contributed by atoms with Gasteiger partial charge in [-0.15, -0.1) is 0 Å². The summed E-state index contributed by atoms with van der Waals surface area (Å²) in [4.78, 5) is 11.1. The lowest BCUT2D eigenvalue weighted by molar-refractivity contribution is -0.141. The summed E-state index contributed by atoms with van der Waals surface area (Å²) in [5.41, 5.74) is 10.6. The molecule has 33 heavy (non-hydrogen) atoms. The van der Waals surface area contributed by atoms with E-state index in [0.29, 0.717) is 22.5 Å². The highest BCUT2D eigenvalue weighted by Gasteiger charge is 2.35. The predicted molar refractivity (Wildman–Crippen MR) is 122 cm³/mol. The van der Waals surface area contributed by atoms with E-state index in [1.165, 1.54) is 4.68 Å². The van der Waals surface area contributed by atoms with Crippen LogP contribution in [0.2, 0.25) is 0 Å². The molecule has 0 aliphatic heterocycles. The van der Waals surface area contributed by atoms with E-state index in [1.54, 1.807) is 36.4 Å². The fourth-order valence-electron chi connectivity index (χ4n) is 3.85. The van der Waals surface area contributed by atoms with E-state index in [9.17, 15) is 18.0 Å². The van der Waals surface area contributed by atoms with Crippen LogP contribution in [0, 0.1) is 13.8 Å². The van der Waals surface area contributed by atoms with Crippen molar-refractivity contribution in [2.75, 3.05) is 0 Å². The van der Waals surface area contributed by atoms with Crippen LogP contribution in [0.4, 0.5) is 13.2 Å². The number of hydrogen-bond donors (Lipinski definition) is 1. The van der Waals surface area contributed by atoms with Crippen LogP contribution in [0.3, 0.4) is 0 Å². The topological polar surface area (TPSA) is 60.9 Å². The Kier molecular flexibility index (Phi) is 5.80. The second-order valence-electron chi connectivity index (χ2n) is 8.09. The number of rotatable bonds is 5. The number of hydrogen-bond acceptors (Lipinski definition) is 2. The zero-order valence-corrected chi connectivity index (χ0v) is 18.1. The van der Waals surface area contributed by atoms with E-state index >= 15 is 0 Å². The SMILES string of the molecule is Cc1cc(C)cc(-c2ccc(-c3cc(C(F)(F)F)nn3-c3ccc(CC(N)=O)cc3)cc2)c1. The predicted octanol–water partition coefficient (Wildman–Crippen LogP) is 5.87. The Bertz CT molecular complexity index is 1280. The Morgan fingerprint density at radius 1 is 0.848 bits per heavy atom. The molecule has 0 aliphatic rings. The number of nitrogens with two attached hydrogens (primary N) is 1. The van der Waals surface area contributed by atoms with E-state index in [1.807, 2.05) is 26.0 Å². The quantitative estimate of drug-likeness (QED) is 0.414. The smallest absolute Gasteiger partial charge is 0.369 e. The Morgan fingerprint density at radius 2 is 1.42 bits per heavy atom. The lowest BCUT2D eigenvalue weighted by Crippen LogP contribution is -2.13. The van der Waals surface area contributed by atoms with Crippen LogP contribution in [0.15, 0.2) is 72.8 Å². The molecule has 4 rings (SSSR count). The van der Waals surface area contributed by atoms with Gasteiger partial charge >= 0.3 is 6.18 Å². The molecule has 0 aliphatic carbocycles. The first-order valence-corrected chi connectivity index (χ1v) is 10.3. The molecule has 0 unspecified atom stereocenters. The van der Waals surface area contributed by atoms with Crippen molar-refractivity contribution < 1.29 is 18.0 Å². The van der Waals surface area contributed by atoms with Crippen molar-refractivity contribution in [3.8, 4) is 28.1 Å². The fraction of sp³-hybridized carbons (Fsp3) is 0.154. The standard InChI is InChI=1S/C26H22F3N3O/c1-16-11-17(2)13-21(12-16)19-5-7-20(8-6-19)23-15-24(26(27,28)29)31-32(23)22-9-3-18(4-10-22)14-25(30)33/h3-13,15H,14H2,1-2H3,(H2,30,33). The number of halogens is 3. The monoisotopic (exact) mass is 449 g/mol. The van der Waals surface area contributed by atoms with Crippen molar-refractivity contribution in [2.24, 2.45) is 5.73 Å². The van der Waals surface area contributed by atoms with Crippen molar-refractivity contribution in [3.05, 3.63) is 95.2 Å². The van der Waals surface area contributed by atoms with E-state index < -0.39 is 17.8 Å². The molecule has 4 aromatic rings. The number of benzene rings is 3. The largest absolute Gasteiger partial charge is 0.435 e. The van der Waals surface area contributed by atoms with E-state index in [4.69, 9.17) is 5.73 Å². The van der Waals surface area contributed by atoms with Gasteiger partial charge in [-0.05, 0) is 48.7 Å². The summed E-state index contributed by atoms with van der Waals surface area (Å²) in [5, 5.41) is 3.82. The first-order valence-electron chi connectivity index (χ1n) is 10.3. The molecule has 3 aromatic carbocycles. The molecule has 1 heterocycles. The Labute approximate surface area is 189 Å². The number of carbonyl (C=O) groups is 1. The van der Waals surface area contributed by atoms with Crippen LogP contribution in [-0.2, 0) is 17.4 Å². The summed E-state index contributed by atoms with van der Waals surface area (Å²) in [6.45, 7) is 4.05. The van der Waals surface area contributed by atoms with Crippen molar-refractivity contribution in [2.45, 2.75) is 26.4 Å². The van der Waals surface area contributed by atoms with Gasteiger partial charge in [0.2, 0.25) is 5.91 Å². The number of primary amides is 1. The van der Waals surface area contributed by atoms with Gasteiger partial charge < -0.3 is 5.73 Å². The minimum atomic E-state index is -4.58. The zero-order chi connectivity index (χ0) is 23.8. The number of amides is 1. The van der Waals surface area contributed by atoms with Gasteiger partial charge in [-0.3, -0.25) is 4.79 Å². The average molecular weight is 449 g/mol. The van der Waals surface area contributed by atoms with Crippen LogP contribution >= 0.6 is 0 Å². The molecule has 1 aromatic heterocycles. The Morgan fingerprint density at radius 3 is 1.97 bits per heavy atom. The normalized spacial score (nSPS) is 11.5. The molecule has 0 radical (unpaired) electrons. The lowest BCUT2D eigenvalue weighted by Gasteiger charge is -2.10. The summed E-state index contributed by atoms with van der Waals surface area (Å²) in [6, 6.07) is 21.2. The van der Waals surface area contributed by atoms with E-state index in [0.717, 1.165) is 28.3 Å². The summed E-state index contributed by atoms with van der Waals surface area (Å²) in [6.07, 6.45) is -4.52. The maximum Gasteiger partial charge on any atom is 0.435 e. The number of aromatic nitrogens is 2. The first kappa shape index (κ1) is 22.3. The number of aryl methyl sites for hydroxylation is 2. The van der Waals surface area contributed by atoms with Gasteiger partial charge in [-0.2, -0.15) is 18.3 Å². The molecular weight excluding hydrogens is 427 g/mol. The van der Waals surface area contributed by atoms with E-state index in [2.05, 4.69) is 23.3 Å². The molecule has 168 valence electrons. The van der Waals surface area contributed by atoms with Gasteiger partial charge in [0.1, 0.15) is 0 Å². The van der Waals surface area contributed by atoms with Gasteiger partial charge in [0.15, 0.2) is 5.69 Å². The number of alkyl halides is 3. The number of nitrogens with zero attached hydrogens (tertiary/aromatic N) is 2. The molecule has 2 N–H and O–H groups in total. The molecule has 0 bridgehead atoms. The zero-order valence-electron chi connectivity index (χ0n) is 18.1. The summed E-state index contributed by atoms with van der Waals surface area (Å²) < 4.78 is 41.6. The molecule has 4 nitrogen and oxygen atoms in total. The fourth-order valence-corrected chi connectivity index (χ4v) is 3.85. The molecular formula is C26H22F3N3O. The second kappa shape index (κ2) is 8.58. The summed E-state index contributed by atoms with van der Waals surface area (Å²) >= 11 is 0. The maximum atomic E-state index is 13.5. The molecule has 7 heteroatoms. The van der Waals surface area contributed by atoms with Crippen LogP contribution in [0.1, 0.15) is 22.4 Å². The van der Waals surface area contributed by atoms with Crippen LogP contribution in [-0.4, -0.2) is 15.7 Å². The average Bonchev–Trinajstić information content (AvgIpc) is 3.19. The van der Waals surface area contributed by atoms with Crippen molar-refractivity contribution in [1.29, 1.82) is 0 Å². The lowest BCUT2D eigenvalue weighted by atomic mass is 9.99. The second-order valence-corrected chi connectivity index (χ2v) is 8.09. The number of carbonyl (C=O) groups excluding carboxylic acids is 1. The Hall–Kier alpha value is -3.87.